The Kier molecular flexibility index (Phi) is 6.09. The molecule has 0 radical (unpaired) electrons. The lowest BCUT2D eigenvalue weighted by molar-refractivity contribution is 0.172. The molecule has 0 aliphatic rings. The number of hydrogen-bond acceptors (Lipinski definition) is 3. The molecule has 4 nitrogen and oxygen atoms in total. The van der Waals surface area contributed by atoms with Crippen LogP contribution in [0.4, 0.5) is 0 Å². The Bertz CT molecular complexity index is 591. The summed E-state index contributed by atoms with van der Waals surface area (Å²) in [5.41, 5.74) is 0.0965. The number of halogens is 2. The van der Waals surface area contributed by atoms with Gasteiger partial charge in [-0.15, -0.1) is 0 Å². The van der Waals surface area contributed by atoms with E-state index in [1.807, 2.05) is 13.8 Å². The van der Waals surface area contributed by atoms with Crippen LogP contribution in [-0.2, 0) is 10.0 Å². The van der Waals surface area contributed by atoms with Crippen molar-refractivity contribution in [2.24, 2.45) is 0 Å². The molecule has 0 atom stereocenters. The van der Waals surface area contributed by atoms with Gasteiger partial charge in [0.05, 0.1) is 17.2 Å². The van der Waals surface area contributed by atoms with Crippen molar-refractivity contribution in [3.63, 3.8) is 0 Å². The number of aryl methyl sites for hydroxylation is 1. The van der Waals surface area contributed by atoms with E-state index in [4.69, 9.17) is 23.2 Å². The third-order valence-electron chi connectivity index (χ3n) is 3.86. The fraction of sp³-hybridized carbons (Fsp3) is 0.571. The highest BCUT2D eigenvalue weighted by molar-refractivity contribution is 7.89. The number of aliphatic hydroxyl groups is 1. The monoisotopic (exact) mass is 353 g/mol. The van der Waals surface area contributed by atoms with Crippen LogP contribution in [-0.4, -0.2) is 25.7 Å². The Labute approximate surface area is 136 Å². The molecule has 0 saturated heterocycles. The Morgan fingerprint density at radius 3 is 2.19 bits per heavy atom. The molecule has 0 aliphatic carbocycles. The molecule has 0 saturated carbocycles. The van der Waals surface area contributed by atoms with Gasteiger partial charge in [-0.3, -0.25) is 0 Å². The van der Waals surface area contributed by atoms with Gasteiger partial charge in [0.2, 0.25) is 10.0 Å². The normalized spacial score (nSPS) is 12.7. The van der Waals surface area contributed by atoms with Gasteiger partial charge in [0.1, 0.15) is 4.90 Å². The number of hydrogen-bond donors (Lipinski definition) is 2. The second-order valence-corrected chi connectivity index (χ2v) is 7.60. The van der Waals surface area contributed by atoms with Gasteiger partial charge in [-0.25, -0.2) is 13.1 Å². The van der Waals surface area contributed by atoms with Gasteiger partial charge in [0, 0.05) is 5.02 Å². The minimum absolute atomic E-state index is 0.0195. The Hall–Kier alpha value is -0.330. The van der Waals surface area contributed by atoms with Gasteiger partial charge in [-0.2, -0.15) is 0 Å². The van der Waals surface area contributed by atoms with Crippen molar-refractivity contribution in [1.82, 2.24) is 4.72 Å². The average Bonchev–Trinajstić information content (AvgIpc) is 2.43. The third kappa shape index (κ3) is 3.71. The largest absolute Gasteiger partial charge is 0.394 e. The first-order chi connectivity index (χ1) is 9.64. The van der Waals surface area contributed by atoms with Crippen LogP contribution in [0, 0.1) is 13.8 Å². The maximum Gasteiger partial charge on any atom is 0.242 e. The van der Waals surface area contributed by atoms with Crippen LogP contribution < -0.4 is 4.72 Å². The summed E-state index contributed by atoms with van der Waals surface area (Å²) in [6, 6.07) is 1.64. The Morgan fingerprint density at radius 2 is 1.76 bits per heavy atom. The molecule has 1 aromatic rings. The summed E-state index contributed by atoms with van der Waals surface area (Å²) in [6.45, 7) is 6.67. The number of sulfonamides is 1. The second kappa shape index (κ2) is 6.84. The molecule has 0 spiro atoms. The molecule has 0 aliphatic heterocycles. The molecule has 0 bridgehead atoms. The molecule has 1 rings (SSSR count). The number of nitrogens with one attached hydrogen (secondary N) is 1. The van der Waals surface area contributed by atoms with Crippen molar-refractivity contribution in [3.8, 4) is 0 Å². The molecule has 21 heavy (non-hydrogen) atoms. The SMILES string of the molecule is CCC(CC)(CO)NS(=O)(=O)c1c(C)c(Cl)cc(C)c1Cl. The molecule has 7 heteroatoms. The van der Waals surface area contributed by atoms with Gasteiger partial charge in [0.15, 0.2) is 0 Å². The molecule has 0 unspecified atom stereocenters. The second-order valence-electron chi connectivity index (χ2n) is 5.19. The van der Waals surface area contributed by atoms with Gasteiger partial charge >= 0.3 is 0 Å². The van der Waals surface area contributed by atoms with E-state index < -0.39 is 15.6 Å². The molecule has 2 N–H and O–H groups in total. The summed E-state index contributed by atoms with van der Waals surface area (Å²) in [4.78, 5) is -0.0195. The molecule has 0 amide bonds. The Balaban J connectivity index is 3.46. The van der Waals surface area contributed by atoms with E-state index in [1.165, 1.54) is 0 Å². The van der Waals surface area contributed by atoms with Crippen molar-refractivity contribution >= 4 is 33.2 Å². The zero-order valence-corrected chi connectivity index (χ0v) is 15.0. The fourth-order valence-corrected chi connectivity index (χ4v) is 4.87. The summed E-state index contributed by atoms with van der Waals surface area (Å²) in [7, 11) is -3.89. The van der Waals surface area contributed by atoms with E-state index in [9.17, 15) is 13.5 Å². The van der Waals surface area contributed by atoms with Gasteiger partial charge < -0.3 is 5.11 Å². The number of benzene rings is 1. The van der Waals surface area contributed by atoms with Crippen LogP contribution in [0.3, 0.4) is 0 Å². The van der Waals surface area contributed by atoms with E-state index in [-0.39, 0.29) is 16.5 Å². The summed E-state index contributed by atoms with van der Waals surface area (Å²) in [6.07, 6.45) is 0.935. The highest BCUT2D eigenvalue weighted by Gasteiger charge is 2.34. The standard InChI is InChI=1S/C14H21Cl2NO3S/c1-5-14(6-2,8-18)17-21(19,20)13-10(4)11(15)7-9(3)12(13)16/h7,17-18H,5-6,8H2,1-4H3. The van der Waals surface area contributed by atoms with E-state index >= 15 is 0 Å². The summed E-state index contributed by atoms with van der Waals surface area (Å²) >= 11 is 12.2. The maximum absolute atomic E-state index is 12.7. The van der Waals surface area contributed by atoms with Crippen LogP contribution >= 0.6 is 23.2 Å². The lowest BCUT2D eigenvalue weighted by Crippen LogP contribution is -2.50. The molecule has 0 heterocycles. The Morgan fingerprint density at radius 1 is 1.24 bits per heavy atom. The minimum Gasteiger partial charge on any atom is -0.394 e. The van der Waals surface area contributed by atoms with Crippen molar-refractivity contribution in [1.29, 1.82) is 0 Å². The first kappa shape index (κ1) is 18.7. The van der Waals surface area contributed by atoms with Crippen LogP contribution in [0.15, 0.2) is 11.0 Å². The topological polar surface area (TPSA) is 66.4 Å². The van der Waals surface area contributed by atoms with Crippen molar-refractivity contribution in [2.75, 3.05) is 6.61 Å². The van der Waals surface area contributed by atoms with Gasteiger partial charge in [0.25, 0.3) is 0 Å². The summed E-state index contributed by atoms with van der Waals surface area (Å²) in [5, 5.41) is 10.1. The fourth-order valence-electron chi connectivity index (χ4n) is 2.12. The molecule has 0 fully saturated rings. The van der Waals surface area contributed by atoms with Crippen LogP contribution in [0.25, 0.3) is 0 Å². The zero-order valence-electron chi connectivity index (χ0n) is 12.6. The molecule has 1 aromatic carbocycles. The lowest BCUT2D eigenvalue weighted by Gasteiger charge is -2.31. The zero-order chi connectivity index (χ0) is 16.4. The first-order valence-corrected chi connectivity index (χ1v) is 8.98. The quantitative estimate of drug-likeness (QED) is 0.822. The predicted molar refractivity (Wildman–Crippen MR) is 86.7 cm³/mol. The number of rotatable bonds is 6. The smallest absolute Gasteiger partial charge is 0.242 e. The van der Waals surface area contributed by atoms with E-state index in [2.05, 4.69) is 4.72 Å². The minimum atomic E-state index is -3.89. The number of aliphatic hydroxyl groups excluding tert-OH is 1. The molecular weight excluding hydrogens is 333 g/mol. The highest BCUT2D eigenvalue weighted by atomic mass is 35.5. The van der Waals surface area contributed by atoms with Crippen LogP contribution in [0.5, 0.6) is 0 Å². The summed E-state index contributed by atoms with van der Waals surface area (Å²) in [5.74, 6) is 0. The third-order valence-corrected chi connectivity index (χ3v) is 6.60. The average molecular weight is 354 g/mol. The molecule has 120 valence electrons. The van der Waals surface area contributed by atoms with Crippen LogP contribution in [0.2, 0.25) is 10.0 Å². The lowest BCUT2D eigenvalue weighted by atomic mass is 9.96. The van der Waals surface area contributed by atoms with E-state index in [0.717, 1.165) is 0 Å². The van der Waals surface area contributed by atoms with Gasteiger partial charge in [-0.1, -0.05) is 37.0 Å². The van der Waals surface area contributed by atoms with Crippen molar-refractivity contribution in [2.45, 2.75) is 51.0 Å². The maximum atomic E-state index is 12.7. The van der Waals surface area contributed by atoms with Crippen molar-refractivity contribution < 1.29 is 13.5 Å². The predicted octanol–water partition coefficient (Wildman–Crippen LogP) is 3.44. The van der Waals surface area contributed by atoms with Crippen molar-refractivity contribution in [3.05, 3.63) is 27.2 Å². The van der Waals surface area contributed by atoms with E-state index in [0.29, 0.717) is 29.0 Å². The highest BCUT2D eigenvalue weighted by Crippen LogP contribution is 2.34. The van der Waals surface area contributed by atoms with E-state index in [1.54, 1.807) is 19.9 Å². The van der Waals surface area contributed by atoms with Gasteiger partial charge in [-0.05, 0) is 43.9 Å². The van der Waals surface area contributed by atoms with Crippen LogP contribution in [0.1, 0.15) is 37.8 Å². The first-order valence-electron chi connectivity index (χ1n) is 6.74. The molecular formula is C14H21Cl2NO3S. The summed E-state index contributed by atoms with van der Waals surface area (Å²) < 4.78 is 28.0. The molecule has 0 aromatic heterocycles.